The van der Waals surface area contributed by atoms with E-state index in [2.05, 4.69) is 41.6 Å². The second kappa shape index (κ2) is 11.2. The van der Waals surface area contributed by atoms with Crippen LogP contribution >= 0.6 is 0 Å². The van der Waals surface area contributed by atoms with Crippen molar-refractivity contribution >= 4 is 12.0 Å². The van der Waals surface area contributed by atoms with Gasteiger partial charge in [-0.2, -0.15) is 5.10 Å². The van der Waals surface area contributed by atoms with Crippen LogP contribution in [0.25, 0.3) is 6.08 Å². The molecule has 34 heavy (non-hydrogen) atoms. The molecule has 1 aliphatic rings. The number of carbonyl (C=O) groups is 1. The molecule has 1 aromatic heterocycles. The molecule has 1 amide bonds. The predicted octanol–water partition coefficient (Wildman–Crippen LogP) is 4.74. The highest BCUT2D eigenvalue weighted by Crippen LogP contribution is 2.18. The fourth-order valence-electron chi connectivity index (χ4n) is 4.05. The van der Waals surface area contributed by atoms with Crippen LogP contribution in [0.4, 0.5) is 0 Å². The van der Waals surface area contributed by atoms with Gasteiger partial charge in [0.25, 0.3) is 0 Å². The molecule has 1 N–H and O–H groups in total. The minimum atomic E-state index is -0.135. The Morgan fingerprint density at radius 1 is 1.12 bits per heavy atom. The van der Waals surface area contributed by atoms with E-state index in [0.717, 1.165) is 47.7 Å². The Balaban J connectivity index is 1.28. The van der Waals surface area contributed by atoms with E-state index in [9.17, 15) is 4.79 Å². The number of rotatable bonds is 9. The van der Waals surface area contributed by atoms with E-state index < -0.39 is 0 Å². The molecule has 6 nitrogen and oxygen atoms in total. The van der Waals surface area contributed by atoms with Crippen molar-refractivity contribution in [2.45, 2.75) is 52.8 Å². The van der Waals surface area contributed by atoms with Crippen molar-refractivity contribution in [2.24, 2.45) is 0 Å². The molecule has 2 heterocycles. The third-order valence-corrected chi connectivity index (χ3v) is 6.14. The first-order chi connectivity index (χ1) is 16.5. The van der Waals surface area contributed by atoms with Crippen LogP contribution in [0, 0.1) is 20.8 Å². The normalized spacial score (nSPS) is 15.7. The SMILES string of the molecule is Cc1ccc(Cn2nc(C)c(/C=C/C(=O)NCc3ccc(OCC4CCCO4)cc3)c2C)cc1. The van der Waals surface area contributed by atoms with Gasteiger partial charge in [-0.05, 0) is 62.9 Å². The van der Waals surface area contributed by atoms with Gasteiger partial charge in [0.2, 0.25) is 5.91 Å². The van der Waals surface area contributed by atoms with Gasteiger partial charge in [0.1, 0.15) is 12.4 Å². The summed E-state index contributed by atoms with van der Waals surface area (Å²) in [5, 5.41) is 7.60. The molecule has 3 aromatic rings. The Hall–Kier alpha value is -3.38. The highest BCUT2D eigenvalue weighted by molar-refractivity contribution is 5.91. The zero-order valence-corrected chi connectivity index (χ0v) is 20.2. The molecule has 2 aromatic carbocycles. The fourth-order valence-corrected chi connectivity index (χ4v) is 4.05. The monoisotopic (exact) mass is 459 g/mol. The Morgan fingerprint density at radius 2 is 1.85 bits per heavy atom. The molecule has 6 heteroatoms. The summed E-state index contributed by atoms with van der Waals surface area (Å²) in [6, 6.07) is 16.3. The van der Waals surface area contributed by atoms with Crippen LogP contribution in [-0.2, 0) is 22.6 Å². The third-order valence-electron chi connectivity index (χ3n) is 6.14. The second-order valence-corrected chi connectivity index (χ2v) is 8.87. The number of nitrogens with one attached hydrogen (secondary N) is 1. The zero-order chi connectivity index (χ0) is 23.9. The van der Waals surface area contributed by atoms with Crippen molar-refractivity contribution < 1.29 is 14.3 Å². The lowest BCUT2D eigenvalue weighted by Gasteiger charge is -2.11. The van der Waals surface area contributed by atoms with Gasteiger partial charge in [-0.1, -0.05) is 42.0 Å². The second-order valence-electron chi connectivity index (χ2n) is 8.87. The molecular formula is C28H33N3O3. The quantitative estimate of drug-likeness (QED) is 0.469. The molecular weight excluding hydrogens is 426 g/mol. The summed E-state index contributed by atoms with van der Waals surface area (Å²) >= 11 is 0. The Labute approximate surface area is 201 Å². The molecule has 1 saturated heterocycles. The van der Waals surface area contributed by atoms with Crippen LogP contribution in [-0.4, -0.2) is 35.0 Å². The van der Waals surface area contributed by atoms with E-state index in [-0.39, 0.29) is 12.0 Å². The highest BCUT2D eigenvalue weighted by atomic mass is 16.5. The lowest BCUT2D eigenvalue weighted by atomic mass is 10.1. The van der Waals surface area contributed by atoms with E-state index in [0.29, 0.717) is 19.7 Å². The van der Waals surface area contributed by atoms with Crippen LogP contribution < -0.4 is 10.1 Å². The fraction of sp³-hybridized carbons (Fsp3) is 0.357. The largest absolute Gasteiger partial charge is 0.491 e. The van der Waals surface area contributed by atoms with Gasteiger partial charge in [0, 0.05) is 30.5 Å². The number of carbonyl (C=O) groups excluding carboxylic acids is 1. The van der Waals surface area contributed by atoms with E-state index >= 15 is 0 Å². The van der Waals surface area contributed by atoms with Gasteiger partial charge in [0.15, 0.2) is 0 Å². The maximum absolute atomic E-state index is 12.4. The molecule has 0 saturated carbocycles. The van der Waals surface area contributed by atoms with Crippen LogP contribution in [0.2, 0.25) is 0 Å². The van der Waals surface area contributed by atoms with Crippen LogP contribution in [0.15, 0.2) is 54.6 Å². The maximum Gasteiger partial charge on any atom is 0.244 e. The maximum atomic E-state index is 12.4. The lowest BCUT2D eigenvalue weighted by Crippen LogP contribution is -2.20. The summed E-state index contributed by atoms with van der Waals surface area (Å²) in [5.74, 6) is 0.683. The number of ether oxygens (including phenoxy) is 2. The minimum Gasteiger partial charge on any atom is -0.491 e. The van der Waals surface area contributed by atoms with Crippen molar-refractivity contribution in [1.82, 2.24) is 15.1 Å². The van der Waals surface area contributed by atoms with E-state index in [1.54, 1.807) is 6.08 Å². The van der Waals surface area contributed by atoms with E-state index in [1.165, 1.54) is 11.1 Å². The van der Waals surface area contributed by atoms with Crippen LogP contribution in [0.3, 0.4) is 0 Å². The molecule has 0 spiro atoms. The summed E-state index contributed by atoms with van der Waals surface area (Å²) in [7, 11) is 0. The van der Waals surface area contributed by atoms with Crippen molar-refractivity contribution in [3.8, 4) is 5.75 Å². The predicted molar refractivity (Wildman–Crippen MR) is 134 cm³/mol. The molecule has 1 unspecified atom stereocenters. The van der Waals surface area contributed by atoms with Crippen molar-refractivity contribution in [1.29, 1.82) is 0 Å². The van der Waals surface area contributed by atoms with Crippen LogP contribution in [0.5, 0.6) is 5.75 Å². The number of benzene rings is 2. The first-order valence-electron chi connectivity index (χ1n) is 11.9. The van der Waals surface area contributed by atoms with Gasteiger partial charge in [-0.25, -0.2) is 0 Å². The summed E-state index contributed by atoms with van der Waals surface area (Å²) in [6.07, 6.45) is 5.79. The molecule has 0 radical (unpaired) electrons. The number of amides is 1. The first kappa shape index (κ1) is 23.8. The van der Waals surface area contributed by atoms with Gasteiger partial charge >= 0.3 is 0 Å². The molecule has 1 fully saturated rings. The van der Waals surface area contributed by atoms with Gasteiger partial charge in [-0.3, -0.25) is 9.48 Å². The third kappa shape index (κ3) is 6.35. The average molecular weight is 460 g/mol. The van der Waals surface area contributed by atoms with Gasteiger partial charge < -0.3 is 14.8 Å². The van der Waals surface area contributed by atoms with Gasteiger partial charge in [0.05, 0.1) is 18.3 Å². The zero-order valence-electron chi connectivity index (χ0n) is 20.2. The van der Waals surface area contributed by atoms with Crippen LogP contribution in [0.1, 0.15) is 46.5 Å². The smallest absolute Gasteiger partial charge is 0.244 e. The van der Waals surface area contributed by atoms with E-state index in [4.69, 9.17) is 9.47 Å². The van der Waals surface area contributed by atoms with E-state index in [1.807, 2.05) is 48.9 Å². The Kier molecular flexibility index (Phi) is 7.80. The van der Waals surface area contributed by atoms with Crippen molar-refractivity contribution in [2.75, 3.05) is 13.2 Å². The topological polar surface area (TPSA) is 65.4 Å². The summed E-state index contributed by atoms with van der Waals surface area (Å²) in [6.45, 7) is 8.67. The number of hydrogen-bond donors (Lipinski definition) is 1. The molecule has 1 atom stereocenters. The van der Waals surface area contributed by atoms with Crippen molar-refractivity contribution in [3.63, 3.8) is 0 Å². The number of nitrogens with zero attached hydrogens (tertiary/aromatic N) is 2. The minimum absolute atomic E-state index is 0.135. The summed E-state index contributed by atoms with van der Waals surface area (Å²) in [4.78, 5) is 12.4. The number of aromatic nitrogens is 2. The molecule has 0 bridgehead atoms. The van der Waals surface area contributed by atoms with Crippen molar-refractivity contribution in [3.05, 3.63) is 88.2 Å². The summed E-state index contributed by atoms with van der Waals surface area (Å²) in [5.41, 5.74) is 6.39. The lowest BCUT2D eigenvalue weighted by molar-refractivity contribution is -0.116. The number of aryl methyl sites for hydroxylation is 2. The Bertz CT molecular complexity index is 1120. The van der Waals surface area contributed by atoms with Gasteiger partial charge in [-0.15, -0.1) is 0 Å². The average Bonchev–Trinajstić information content (AvgIpc) is 3.45. The molecule has 4 rings (SSSR count). The standard InChI is InChI=1S/C28H33N3O3/c1-20-6-8-24(9-7-20)18-31-22(3)27(21(2)30-31)14-15-28(32)29-17-23-10-12-25(13-11-23)34-19-26-5-4-16-33-26/h6-15,26H,4-5,16-19H2,1-3H3,(H,29,32)/b15-14+. The molecule has 178 valence electrons. The number of hydrogen-bond acceptors (Lipinski definition) is 4. The highest BCUT2D eigenvalue weighted by Gasteiger charge is 2.16. The molecule has 1 aliphatic heterocycles. The first-order valence-corrected chi connectivity index (χ1v) is 11.9. The molecule has 0 aliphatic carbocycles. The summed E-state index contributed by atoms with van der Waals surface area (Å²) < 4.78 is 13.4. The Morgan fingerprint density at radius 3 is 2.56 bits per heavy atom.